The normalized spacial score (nSPS) is 39.4. The van der Waals surface area contributed by atoms with Crippen LogP contribution in [-0.2, 0) is 4.74 Å². The Morgan fingerprint density at radius 2 is 2.21 bits per heavy atom. The maximum Gasteiger partial charge on any atom is 0.0601 e. The molecule has 0 bridgehead atoms. The first-order valence-corrected chi connectivity index (χ1v) is 5.80. The average Bonchev–Trinajstić information content (AvgIpc) is 2.17. The third kappa shape index (κ3) is 2.10. The molecule has 14 heavy (non-hydrogen) atoms. The number of hydrogen-bond donors (Lipinski definition) is 1. The molecule has 0 aromatic rings. The highest BCUT2D eigenvalue weighted by molar-refractivity contribution is 4.90. The highest BCUT2D eigenvalue weighted by Gasteiger charge is 2.35. The summed E-state index contributed by atoms with van der Waals surface area (Å²) in [6.07, 6.45) is 5.64. The molecule has 3 heteroatoms. The van der Waals surface area contributed by atoms with Crippen LogP contribution in [0, 0.1) is 5.92 Å². The molecule has 2 N–H and O–H groups in total. The van der Waals surface area contributed by atoms with Crippen molar-refractivity contribution in [2.45, 2.75) is 37.8 Å². The van der Waals surface area contributed by atoms with Gasteiger partial charge in [0.25, 0.3) is 0 Å². The van der Waals surface area contributed by atoms with Crippen LogP contribution in [0.25, 0.3) is 0 Å². The van der Waals surface area contributed by atoms with Gasteiger partial charge in [0, 0.05) is 19.7 Å². The molecule has 2 fully saturated rings. The van der Waals surface area contributed by atoms with Crippen molar-refractivity contribution < 1.29 is 4.74 Å². The summed E-state index contributed by atoms with van der Waals surface area (Å²) in [5.74, 6) is 0.741. The van der Waals surface area contributed by atoms with Crippen LogP contribution in [-0.4, -0.2) is 43.8 Å². The first kappa shape index (κ1) is 10.4. The fourth-order valence-corrected chi connectivity index (χ4v) is 2.65. The smallest absolute Gasteiger partial charge is 0.0601 e. The van der Waals surface area contributed by atoms with Crippen molar-refractivity contribution in [3.63, 3.8) is 0 Å². The van der Waals surface area contributed by atoms with Crippen LogP contribution in [0.15, 0.2) is 0 Å². The first-order chi connectivity index (χ1) is 6.83. The second-order valence-corrected chi connectivity index (χ2v) is 4.72. The summed E-state index contributed by atoms with van der Waals surface area (Å²) in [6.45, 7) is 3.35. The third-order valence-electron chi connectivity index (χ3n) is 3.80. The van der Waals surface area contributed by atoms with Crippen LogP contribution in [0.3, 0.4) is 0 Å². The summed E-state index contributed by atoms with van der Waals surface area (Å²) in [5.41, 5.74) is 5.73. The van der Waals surface area contributed by atoms with Crippen LogP contribution in [0.5, 0.6) is 0 Å². The quantitative estimate of drug-likeness (QED) is 0.730. The van der Waals surface area contributed by atoms with E-state index in [1.807, 2.05) is 7.11 Å². The number of ether oxygens (including phenoxy) is 1. The lowest BCUT2D eigenvalue weighted by Crippen LogP contribution is -2.52. The Bertz CT molecular complexity index is 180. The van der Waals surface area contributed by atoms with E-state index in [2.05, 4.69) is 4.90 Å². The fourth-order valence-electron chi connectivity index (χ4n) is 2.65. The molecule has 0 aromatic carbocycles. The SMILES string of the molecule is COC1CC(N2CCCC(CN)C2)C1. The second kappa shape index (κ2) is 4.60. The summed E-state index contributed by atoms with van der Waals surface area (Å²) in [7, 11) is 1.82. The van der Waals surface area contributed by atoms with Gasteiger partial charge in [-0.05, 0) is 44.7 Å². The maximum atomic E-state index is 5.73. The number of likely N-dealkylation sites (tertiary alicyclic amines) is 1. The highest BCUT2D eigenvalue weighted by atomic mass is 16.5. The minimum atomic E-state index is 0.526. The van der Waals surface area contributed by atoms with Crippen LogP contribution in [0.4, 0.5) is 0 Å². The molecule has 0 amide bonds. The van der Waals surface area contributed by atoms with Gasteiger partial charge in [0.1, 0.15) is 0 Å². The molecule has 0 spiro atoms. The number of nitrogens with two attached hydrogens (primary N) is 1. The maximum absolute atomic E-state index is 5.73. The first-order valence-electron chi connectivity index (χ1n) is 5.80. The molecular weight excluding hydrogens is 176 g/mol. The van der Waals surface area contributed by atoms with Crippen molar-refractivity contribution in [3.8, 4) is 0 Å². The Kier molecular flexibility index (Phi) is 3.42. The Morgan fingerprint density at radius 1 is 1.43 bits per heavy atom. The van der Waals surface area contributed by atoms with E-state index in [0.717, 1.165) is 18.5 Å². The zero-order valence-electron chi connectivity index (χ0n) is 9.11. The van der Waals surface area contributed by atoms with Crippen LogP contribution < -0.4 is 5.73 Å². The van der Waals surface area contributed by atoms with Crippen LogP contribution in [0.2, 0.25) is 0 Å². The number of rotatable bonds is 3. The van der Waals surface area contributed by atoms with Crippen molar-refractivity contribution in [2.24, 2.45) is 11.7 Å². The third-order valence-corrected chi connectivity index (χ3v) is 3.80. The highest BCUT2D eigenvalue weighted by Crippen LogP contribution is 2.30. The van der Waals surface area contributed by atoms with Crippen molar-refractivity contribution in [3.05, 3.63) is 0 Å². The molecule has 2 aliphatic rings. The Hall–Kier alpha value is -0.120. The number of nitrogens with zero attached hydrogens (tertiary/aromatic N) is 1. The molecular formula is C11H22N2O. The summed E-state index contributed by atoms with van der Waals surface area (Å²) >= 11 is 0. The van der Waals surface area contributed by atoms with Gasteiger partial charge in [0.15, 0.2) is 0 Å². The van der Waals surface area contributed by atoms with Gasteiger partial charge in [-0.25, -0.2) is 0 Å². The lowest BCUT2D eigenvalue weighted by Gasteiger charge is -2.45. The zero-order chi connectivity index (χ0) is 9.97. The molecule has 1 saturated carbocycles. The topological polar surface area (TPSA) is 38.5 Å². The van der Waals surface area contributed by atoms with E-state index >= 15 is 0 Å². The van der Waals surface area contributed by atoms with E-state index in [4.69, 9.17) is 10.5 Å². The second-order valence-electron chi connectivity index (χ2n) is 4.72. The number of piperidine rings is 1. The van der Waals surface area contributed by atoms with Gasteiger partial charge < -0.3 is 10.5 Å². The van der Waals surface area contributed by atoms with Crippen molar-refractivity contribution in [1.82, 2.24) is 4.90 Å². The molecule has 1 unspecified atom stereocenters. The van der Waals surface area contributed by atoms with Gasteiger partial charge in [0.2, 0.25) is 0 Å². The van der Waals surface area contributed by atoms with E-state index < -0.39 is 0 Å². The van der Waals surface area contributed by atoms with E-state index in [0.29, 0.717) is 6.10 Å². The lowest BCUT2D eigenvalue weighted by atomic mass is 9.85. The zero-order valence-corrected chi connectivity index (χ0v) is 9.11. The molecule has 2 rings (SSSR count). The van der Waals surface area contributed by atoms with Crippen LogP contribution >= 0.6 is 0 Å². The van der Waals surface area contributed by atoms with Gasteiger partial charge in [0.05, 0.1) is 6.10 Å². The monoisotopic (exact) mass is 198 g/mol. The van der Waals surface area contributed by atoms with Crippen molar-refractivity contribution >= 4 is 0 Å². The van der Waals surface area contributed by atoms with E-state index in [9.17, 15) is 0 Å². The largest absolute Gasteiger partial charge is 0.381 e. The molecule has 1 heterocycles. The van der Waals surface area contributed by atoms with Crippen molar-refractivity contribution in [1.29, 1.82) is 0 Å². The van der Waals surface area contributed by atoms with Gasteiger partial charge in [-0.1, -0.05) is 0 Å². The molecule has 3 nitrogen and oxygen atoms in total. The molecule has 1 aliphatic carbocycles. The van der Waals surface area contributed by atoms with Gasteiger partial charge in [-0.15, -0.1) is 0 Å². The van der Waals surface area contributed by atoms with Crippen LogP contribution in [0.1, 0.15) is 25.7 Å². The van der Waals surface area contributed by atoms with E-state index in [-0.39, 0.29) is 0 Å². The summed E-state index contributed by atoms with van der Waals surface area (Å²) in [4.78, 5) is 2.62. The number of methoxy groups -OCH3 is 1. The Balaban J connectivity index is 1.75. The molecule has 1 atom stereocenters. The molecule has 82 valence electrons. The van der Waals surface area contributed by atoms with Gasteiger partial charge in [-0.3, -0.25) is 4.90 Å². The standard InChI is InChI=1S/C11H22N2O/c1-14-11-5-10(6-11)13-4-2-3-9(7-12)8-13/h9-11H,2-8,12H2,1H3. The number of hydrogen-bond acceptors (Lipinski definition) is 3. The lowest BCUT2D eigenvalue weighted by molar-refractivity contribution is -0.0381. The minimum Gasteiger partial charge on any atom is -0.381 e. The summed E-state index contributed by atoms with van der Waals surface area (Å²) in [5, 5.41) is 0. The Morgan fingerprint density at radius 3 is 2.86 bits per heavy atom. The van der Waals surface area contributed by atoms with E-state index in [1.165, 1.54) is 38.8 Å². The predicted octanol–water partition coefficient (Wildman–Crippen LogP) is 0.834. The average molecular weight is 198 g/mol. The molecule has 0 radical (unpaired) electrons. The fraction of sp³-hybridized carbons (Fsp3) is 1.00. The van der Waals surface area contributed by atoms with Gasteiger partial charge in [-0.2, -0.15) is 0 Å². The predicted molar refractivity (Wildman–Crippen MR) is 57.2 cm³/mol. The molecule has 0 aromatic heterocycles. The molecule has 1 saturated heterocycles. The summed E-state index contributed by atoms with van der Waals surface area (Å²) < 4.78 is 5.31. The van der Waals surface area contributed by atoms with Gasteiger partial charge >= 0.3 is 0 Å². The minimum absolute atomic E-state index is 0.526. The molecule has 1 aliphatic heterocycles. The van der Waals surface area contributed by atoms with Crippen molar-refractivity contribution in [2.75, 3.05) is 26.7 Å². The summed E-state index contributed by atoms with van der Waals surface area (Å²) in [6, 6.07) is 0.786. The Labute approximate surface area is 86.6 Å². The van der Waals surface area contributed by atoms with E-state index in [1.54, 1.807) is 0 Å².